The molecule has 0 saturated carbocycles. The van der Waals surface area contributed by atoms with Gasteiger partial charge >= 0.3 is 11.9 Å². The number of piperidine rings is 1. The van der Waals surface area contributed by atoms with Gasteiger partial charge in [0.25, 0.3) is 0 Å². The van der Waals surface area contributed by atoms with Crippen molar-refractivity contribution >= 4 is 22.7 Å². The van der Waals surface area contributed by atoms with Crippen molar-refractivity contribution in [1.29, 1.82) is 0 Å². The van der Waals surface area contributed by atoms with E-state index in [-0.39, 0.29) is 24.8 Å². The molecule has 0 N–H and O–H groups in total. The minimum Gasteiger partial charge on any atom is -0.422 e. The van der Waals surface area contributed by atoms with E-state index in [1.54, 1.807) is 26.0 Å². The second-order valence-corrected chi connectivity index (χ2v) is 7.29. The van der Waals surface area contributed by atoms with E-state index in [1.807, 2.05) is 6.07 Å². The molecule has 5 heteroatoms. The topological polar surface area (TPSA) is 55.8 Å². The third-order valence-corrected chi connectivity index (χ3v) is 5.16. The van der Waals surface area contributed by atoms with E-state index in [1.165, 1.54) is 37.9 Å². The highest BCUT2D eigenvalue weighted by molar-refractivity contribution is 5.89. The highest BCUT2D eigenvalue weighted by atomic mass is 16.6. The van der Waals surface area contributed by atoms with Crippen LogP contribution in [0.2, 0.25) is 0 Å². The van der Waals surface area contributed by atoms with Crippen LogP contribution in [0.15, 0.2) is 30.3 Å². The second kappa shape index (κ2) is 9.69. The summed E-state index contributed by atoms with van der Waals surface area (Å²) >= 11 is 0. The summed E-state index contributed by atoms with van der Waals surface area (Å²) in [5.41, 5.74) is 1.25. The van der Waals surface area contributed by atoms with Crippen molar-refractivity contribution in [3.8, 4) is 11.5 Å². The Labute approximate surface area is 166 Å². The fourth-order valence-corrected chi connectivity index (χ4v) is 3.48. The number of hydrogen-bond donors (Lipinski definition) is 0. The van der Waals surface area contributed by atoms with Gasteiger partial charge < -0.3 is 14.4 Å². The highest BCUT2D eigenvalue weighted by Gasteiger charge is 2.15. The molecule has 0 aliphatic carbocycles. The number of rotatable bonds is 7. The SMILES string of the molecule is CCC(=O)Oc1cc2ccc(CCN3CCCCC3)cc2cc1OC(=O)CC. The average molecular weight is 383 g/mol. The molecule has 3 rings (SSSR count). The summed E-state index contributed by atoms with van der Waals surface area (Å²) in [7, 11) is 0. The van der Waals surface area contributed by atoms with Gasteiger partial charge in [0.2, 0.25) is 0 Å². The smallest absolute Gasteiger partial charge is 0.311 e. The predicted molar refractivity (Wildman–Crippen MR) is 110 cm³/mol. The average Bonchev–Trinajstić information content (AvgIpc) is 2.73. The Kier molecular flexibility index (Phi) is 7.04. The molecule has 28 heavy (non-hydrogen) atoms. The fraction of sp³-hybridized carbons (Fsp3) is 0.478. The largest absolute Gasteiger partial charge is 0.422 e. The molecule has 0 unspecified atom stereocenters. The molecule has 1 heterocycles. The molecule has 1 aliphatic heterocycles. The summed E-state index contributed by atoms with van der Waals surface area (Å²) in [6.45, 7) is 6.92. The van der Waals surface area contributed by atoms with Gasteiger partial charge in [-0.2, -0.15) is 0 Å². The third-order valence-electron chi connectivity index (χ3n) is 5.16. The molecule has 1 aliphatic rings. The number of carbonyl (C=O) groups excluding carboxylic acids is 2. The first-order valence-electron chi connectivity index (χ1n) is 10.3. The van der Waals surface area contributed by atoms with E-state index in [2.05, 4.69) is 17.0 Å². The maximum Gasteiger partial charge on any atom is 0.311 e. The third kappa shape index (κ3) is 5.32. The first-order valence-corrected chi connectivity index (χ1v) is 10.3. The molecule has 0 atom stereocenters. The second-order valence-electron chi connectivity index (χ2n) is 7.29. The van der Waals surface area contributed by atoms with Crippen LogP contribution >= 0.6 is 0 Å². The molecule has 2 aromatic rings. The predicted octanol–water partition coefficient (Wildman–Crippen LogP) is 4.50. The molecular formula is C23H29NO4. The van der Waals surface area contributed by atoms with Gasteiger partial charge in [-0.05, 0) is 60.8 Å². The summed E-state index contributed by atoms with van der Waals surface area (Å²) < 4.78 is 10.8. The van der Waals surface area contributed by atoms with Gasteiger partial charge in [0, 0.05) is 19.4 Å². The molecule has 0 spiro atoms. The van der Waals surface area contributed by atoms with Gasteiger partial charge in [0.05, 0.1) is 0 Å². The van der Waals surface area contributed by atoms with Gasteiger partial charge in [-0.1, -0.05) is 38.5 Å². The van der Waals surface area contributed by atoms with Gasteiger partial charge in [-0.15, -0.1) is 0 Å². The van der Waals surface area contributed by atoms with Crippen LogP contribution in [-0.2, 0) is 16.0 Å². The van der Waals surface area contributed by atoms with E-state index in [0.717, 1.165) is 23.7 Å². The van der Waals surface area contributed by atoms with E-state index >= 15 is 0 Å². The number of ether oxygens (including phenoxy) is 2. The molecule has 2 aromatic carbocycles. The van der Waals surface area contributed by atoms with Crippen molar-refractivity contribution in [2.45, 2.75) is 52.4 Å². The van der Waals surface area contributed by atoms with E-state index in [9.17, 15) is 9.59 Å². The van der Waals surface area contributed by atoms with Crippen molar-refractivity contribution in [3.63, 3.8) is 0 Å². The number of fused-ring (bicyclic) bond motifs is 1. The minimum atomic E-state index is -0.355. The number of carbonyl (C=O) groups is 2. The summed E-state index contributed by atoms with van der Waals surface area (Å²) in [5.74, 6) is -0.114. The molecule has 0 amide bonds. The zero-order valence-electron chi connectivity index (χ0n) is 16.8. The van der Waals surface area contributed by atoms with Crippen molar-refractivity contribution in [2.24, 2.45) is 0 Å². The maximum absolute atomic E-state index is 11.8. The van der Waals surface area contributed by atoms with E-state index in [4.69, 9.17) is 9.47 Å². The Bertz CT molecular complexity index is 840. The molecule has 0 radical (unpaired) electrons. The van der Waals surface area contributed by atoms with Crippen LogP contribution in [0.1, 0.15) is 51.5 Å². The van der Waals surface area contributed by atoms with Crippen LogP contribution in [0.4, 0.5) is 0 Å². The Hall–Kier alpha value is -2.40. The van der Waals surface area contributed by atoms with Crippen molar-refractivity contribution in [1.82, 2.24) is 4.90 Å². The summed E-state index contributed by atoms with van der Waals surface area (Å²) in [6, 6.07) is 9.86. The standard InChI is InChI=1S/C23H29NO4/c1-3-22(25)27-20-15-18-9-8-17(10-13-24-11-6-5-7-12-24)14-19(18)16-21(20)28-23(26)4-2/h8-9,14-16H,3-7,10-13H2,1-2H3. The number of benzene rings is 2. The normalized spacial score (nSPS) is 14.8. The molecule has 0 bridgehead atoms. The van der Waals surface area contributed by atoms with Crippen molar-refractivity contribution in [3.05, 3.63) is 35.9 Å². The van der Waals surface area contributed by atoms with Crippen LogP contribution < -0.4 is 9.47 Å². The summed E-state index contributed by atoms with van der Waals surface area (Å²) in [4.78, 5) is 26.1. The lowest BCUT2D eigenvalue weighted by Gasteiger charge is -2.26. The number of likely N-dealkylation sites (tertiary alicyclic amines) is 1. The Morgan fingerprint density at radius 1 is 0.857 bits per heavy atom. The van der Waals surface area contributed by atoms with Gasteiger partial charge in [0.1, 0.15) is 0 Å². The zero-order valence-corrected chi connectivity index (χ0v) is 16.8. The summed E-state index contributed by atoms with van der Waals surface area (Å²) in [5, 5.41) is 1.93. The first-order chi connectivity index (χ1) is 13.6. The number of hydrogen-bond acceptors (Lipinski definition) is 5. The Morgan fingerprint density at radius 2 is 1.46 bits per heavy atom. The molecular weight excluding hydrogens is 354 g/mol. The number of esters is 2. The van der Waals surface area contributed by atoms with Gasteiger partial charge in [-0.25, -0.2) is 0 Å². The van der Waals surface area contributed by atoms with Crippen LogP contribution in [0.25, 0.3) is 10.8 Å². The lowest BCUT2D eigenvalue weighted by molar-refractivity contribution is -0.136. The maximum atomic E-state index is 11.8. The van der Waals surface area contributed by atoms with Crippen molar-refractivity contribution < 1.29 is 19.1 Å². The molecule has 5 nitrogen and oxygen atoms in total. The zero-order chi connectivity index (χ0) is 19.9. The molecule has 1 saturated heterocycles. The molecule has 1 fully saturated rings. The Balaban J connectivity index is 1.83. The lowest BCUT2D eigenvalue weighted by Crippen LogP contribution is -2.31. The minimum absolute atomic E-state index is 0.259. The lowest BCUT2D eigenvalue weighted by atomic mass is 10.0. The monoisotopic (exact) mass is 383 g/mol. The fourth-order valence-electron chi connectivity index (χ4n) is 3.48. The van der Waals surface area contributed by atoms with Crippen LogP contribution in [-0.4, -0.2) is 36.5 Å². The quantitative estimate of drug-likeness (QED) is 0.520. The van der Waals surface area contributed by atoms with Crippen molar-refractivity contribution in [2.75, 3.05) is 19.6 Å². The van der Waals surface area contributed by atoms with Gasteiger partial charge in [0.15, 0.2) is 11.5 Å². The van der Waals surface area contributed by atoms with E-state index in [0.29, 0.717) is 11.5 Å². The van der Waals surface area contributed by atoms with E-state index < -0.39 is 0 Å². The molecule has 150 valence electrons. The van der Waals surface area contributed by atoms with Crippen LogP contribution in [0, 0.1) is 0 Å². The highest BCUT2D eigenvalue weighted by Crippen LogP contribution is 2.34. The number of nitrogens with zero attached hydrogens (tertiary/aromatic N) is 1. The van der Waals surface area contributed by atoms with Crippen LogP contribution in [0.3, 0.4) is 0 Å². The summed E-state index contributed by atoms with van der Waals surface area (Å²) in [6.07, 6.45) is 5.44. The molecule has 0 aromatic heterocycles. The van der Waals surface area contributed by atoms with Crippen LogP contribution in [0.5, 0.6) is 11.5 Å². The van der Waals surface area contributed by atoms with Gasteiger partial charge in [-0.3, -0.25) is 9.59 Å². The Morgan fingerprint density at radius 3 is 2.07 bits per heavy atom. The first kappa shape index (κ1) is 20.3.